The number of rotatable bonds is 5. The van der Waals surface area contributed by atoms with Gasteiger partial charge >= 0.3 is 0 Å². The van der Waals surface area contributed by atoms with Crippen LogP contribution in [0.25, 0.3) is 11.6 Å². The summed E-state index contributed by atoms with van der Waals surface area (Å²) in [6.07, 6.45) is 1.58. The number of aromatic nitrogens is 3. The molecule has 7 heteroatoms. The second-order valence-corrected chi connectivity index (χ2v) is 5.88. The third-order valence-electron chi connectivity index (χ3n) is 3.08. The SMILES string of the molecule is Cn1c(SCC(=O)c2ccccc2Cl)nnc1-c1ccco1. The molecule has 3 rings (SSSR count). The van der Waals surface area contributed by atoms with Crippen LogP contribution in [0, 0.1) is 0 Å². The van der Waals surface area contributed by atoms with Crippen LogP contribution in [0.15, 0.2) is 52.2 Å². The second-order valence-electron chi connectivity index (χ2n) is 4.53. The normalized spacial score (nSPS) is 10.8. The van der Waals surface area contributed by atoms with Crippen LogP contribution in [0.2, 0.25) is 5.02 Å². The van der Waals surface area contributed by atoms with Gasteiger partial charge in [-0.1, -0.05) is 35.5 Å². The molecule has 2 aromatic heterocycles. The lowest BCUT2D eigenvalue weighted by Gasteiger charge is -2.03. The smallest absolute Gasteiger partial charge is 0.200 e. The topological polar surface area (TPSA) is 60.9 Å². The number of Topliss-reactive ketones (excluding diaryl/α,β-unsaturated/α-hetero) is 1. The van der Waals surface area contributed by atoms with Crippen LogP contribution in [-0.4, -0.2) is 26.3 Å². The lowest BCUT2D eigenvalue weighted by Crippen LogP contribution is -2.04. The Morgan fingerprint density at radius 2 is 2.09 bits per heavy atom. The molecule has 0 fully saturated rings. The second kappa shape index (κ2) is 6.37. The highest BCUT2D eigenvalue weighted by molar-refractivity contribution is 7.99. The first-order valence-electron chi connectivity index (χ1n) is 6.50. The summed E-state index contributed by atoms with van der Waals surface area (Å²) in [6, 6.07) is 10.6. The van der Waals surface area contributed by atoms with E-state index in [1.807, 2.05) is 13.1 Å². The van der Waals surface area contributed by atoms with E-state index in [-0.39, 0.29) is 11.5 Å². The number of carbonyl (C=O) groups excluding carboxylic acids is 1. The first kappa shape index (κ1) is 14.9. The molecular formula is C15H12ClN3O2S. The minimum atomic E-state index is -0.0434. The Bertz CT molecular complexity index is 799. The van der Waals surface area contributed by atoms with Crippen molar-refractivity contribution in [2.24, 2.45) is 7.05 Å². The lowest BCUT2D eigenvalue weighted by atomic mass is 10.1. The Balaban J connectivity index is 1.73. The van der Waals surface area contributed by atoms with Gasteiger partial charge in [0.15, 0.2) is 22.5 Å². The largest absolute Gasteiger partial charge is 0.461 e. The van der Waals surface area contributed by atoms with E-state index in [0.29, 0.717) is 27.3 Å². The molecule has 5 nitrogen and oxygen atoms in total. The minimum absolute atomic E-state index is 0.0434. The number of thioether (sulfide) groups is 1. The summed E-state index contributed by atoms with van der Waals surface area (Å²) in [7, 11) is 1.83. The molecule has 0 amide bonds. The van der Waals surface area contributed by atoms with Crippen LogP contribution in [-0.2, 0) is 7.05 Å². The number of halogens is 1. The molecule has 0 unspecified atom stereocenters. The molecule has 22 heavy (non-hydrogen) atoms. The quantitative estimate of drug-likeness (QED) is 0.526. The van der Waals surface area contributed by atoms with Gasteiger partial charge in [0, 0.05) is 12.6 Å². The van der Waals surface area contributed by atoms with Gasteiger partial charge in [0.1, 0.15) is 0 Å². The van der Waals surface area contributed by atoms with Crippen molar-refractivity contribution in [1.29, 1.82) is 0 Å². The Morgan fingerprint density at radius 1 is 1.27 bits per heavy atom. The highest BCUT2D eigenvalue weighted by Crippen LogP contribution is 2.24. The van der Waals surface area contributed by atoms with E-state index in [2.05, 4.69) is 10.2 Å². The molecule has 2 heterocycles. The standard InChI is InChI=1S/C15H12ClN3O2S/c1-19-14(13-7-4-8-21-13)17-18-15(19)22-9-12(20)10-5-2-3-6-11(10)16/h2-8H,9H2,1H3. The highest BCUT2D eigenvalue weighted by Gasteiger charge is 2.16. The fourth-order valence-corrected chi connectivity index (χ4v) is 2.99. The molecular weight excluding hydrogens is 322 g/mol. The van der Waals surface area contributed by atoms with Gasteiger partial charge in [-0.25, -0.2) is 0 Å². The van der Waals surface area contributed by atoms with E-state index in [1.165, 1.54) is 11.8 Å². The molecule has 1 aromatic carbocycles. The van der Waals surface area contributed by atoms with Crippen LogP contribution in [0.3, 0.4) is 0 Å². The zero-order valence-corrected chi connectivity index (χ0v) is 13.3. The molecule has 0 N–H and O–H groups in total. The van der Waals surface area contributed by atoms with Crippen LogP contribution in [0.5, 0.6) is 0 Å². The van der Waals surface area contributed by atoms with E-state index < -0.39 is 0 Å². The molecule has 0 aliphatic carbocycles. The van der Waals surface area contributed by atoms with Crippen LogP contribution in [0.1, 0.15) is 10.4 Å². The average molecular weight is 334 g/mol. The van der Waals surface area contributed by atoms with E-state index in [0.717, 1.165) is 0 Å². The Kier molecular flexibility index (Phi) is 4.31. The van der Waals surface area contributed by atoms with Crippen molar-refractivity contribution in [2.45, 2.75) is 5.16 Å². The first-order valence-corrected chi connectivity index (χ1v) is 7.87. The van der Waals surface area contributed by atoms with Crippen LogP contribution in [0.4, 0.5) is 0 Å². The zero-order valence-electron chi connectivity index (χ0n) is 11.7. The van der Waals surface area contributed by atoms with E-state index >= 15 is 0 Å². The summed E-state index contributed by atoms with van der Waals surface area (Å²) in [5.41, 5.74) is 0.519. The van der Waals surface area contributed by atoms with Gasteiger partial charge in [-0.15, -0.1) is 10.2 Å². The van der Waals surface area contributed by atoms with Crippen LogP contribution >= 0.6 is 23.4 Å². The molecule has 3 aromatic rings. The van der Waals surface area contributed by atoms with Gasteiger partial charge in [-0.3, -0.25) is 4.79 Å². The third-order valence-corrected chi connectivity index (χ3v) is 4.43. The molecule has 0 bridgehead atoms. The van der Waals surface area contributed by atoms with Gasteiger partial charge in [0.05, 0.1) is 17.0 Å². The van der Waals surface area contributed by atoms with Gasteiger partial charge in [-0.05, 0) is 24.3 Å². The zero-order chi connectivity index (χ0) is 15.5. The van der Waals surface area contributed by atoms with Gasteiger partial charge < -0.3 is 8.98 Å². The van der Waals surface area contributed by atoms with Crippen molar-refractivity contribution >= 4 is 29.1 Å². The summed E-state index contributed by atoms with van der Waals surface area (Å²) < 4.78 is 7.10. The molecule has 0 aliphatic rings. The Hall–Kier alpha value is -2.05. The monoisotopic (exact) mass is 333 g/mol. The van der Waals surface area contributed by atoms with Crippen molar-refractivity contribution in [3.05, 3.63) is 53.2 Å². The highest BCUT2D eigenvalue weighted by atomic mass is 35.5. The Morgan fingerprint density at radius 3 is 2.82 bits per heavy atom. The van der Waals surface area contributed by atoms with Crippen molar-refractivity contribution < 1.29 is 9.21 Å². The number of hydrogen-bond donors (Lipinski definition) is 0. The molecule has 112 valence electrons. The Labute approximate surface area is 136 Å². The maximum atomic E-state index is 12.2. The number of ketones is 1. The number of furan rings is 1. The van der Waals surface area contributed by atoms with Gasteiger partial charge in [-0.2, -0.15) is 0 Å². The molecule has 0 aliphatic heterocycles. The van der Waals surface area contributed by atoms with E-state index in [9.17, 15) is 4.79 Å². The number of carbonyl (C=O) groups is 1. The third kappa shape index (κ3) is 2.93. The van der Waals surface area contributed by atoms with Crippen LogP contribution < -0.4 is 0 Å². The fourth-order valence-electron chi connectivity index (χ4n) is 1.96. The fraction of sp³-hybridized carbons (Fsp3) is 0.133. The average Bonchev–Trinajstić information content (AvgIpc) is 3.15. The molecule has 0 saturated heterocycles. The number of benzene rings is 1. The summed E-state index contributed by atoms with van der Waals surface area (Å²) in [5, 5.41) is 9.28. The predicted molar refractivity (Wildman–Crippen MR) is 85.2 cm³/mol. The predicted octanol–water partition coefficient (Wildman–Crippen LogP) is 3.70. The minimum Gasteiger partial charge on any atom is -0.461 e. The van der Waals surface area contributed by atoms with Crippen molar-refractivity contribution in [2.75, 3.05) is 5.75 Å². The summed E-state index contributed by atoms with van der Waals surface area (Å²) in [5.74, 6) is 1.46. The molecule has 0 radical (unpaired) electrons. The van der Waals surface area contributed by atoms with Gasteiger partial charge in [0.2, 0.25) is 0 Å². The van der Waals surface area contributed by atoms with Crippen molar-refractivity contribution in [3.8, 4) is 11.6 Å². The van der Waals surface area contributed by atoms with Crippen molar-refractivity contribution in [3.63, 3.8) is 0 Å². The maximum absolute atomic E-state index is 12.2. The molecule has 0 saturated carbocycles. The summed E-state index contributed by atoms with van der Waals surface area (Å²) in [4.78, 5) is 12.2. The van der Waals surface area contributed by atoms with E-state index in [4.69, 9.17) is 16.0 Å². The van der Waals surface area contributed by atoms with E-state index in [1.54, 1.807) is 41.2 Å². The molecule has 0 spiro atoms. The first-order chi connectivity index (χ1) is 10.7. The molecule has 0 atom stereocenters. The lowest BCUT2D eigenvalue weighted by molar-refractivity contribution is 0.102. The van der Waals surface area contributed by atoms with Crippen molar-refractivity contribution in [1.82, 2.24) is 14.8 Å². The van der Waals surface area contributed by atoms with Gasteiger partial charge in [0.25, 0.3) is 0 Å². The maximum Gasteiger partial charge on any atom is 0.200 e. The summed E-state index contributed by atoms with van der Waals surface area (Å²) in [6.45, 7) is 0. The summed E-state index contributed by atoms with van der Waals surface area (Å²) >= 11 is 7.34. The number of hydrogen-bond acceptors (Lipinski definition) is 5. The number of nitrogens with zero attached hydrogens (tertiary/aromatic N) is 3.